The van der Waals surface area contributed by atoms with Crippen LogP contribution in [0.2, 0.25) is 0 Å². The largest absolute Gasteiger partial charge is 0.420 e. The Hall–Kier alpha value is -2.14. The van der Waals surface area contributed by atoms with E-state index >= 15 is 0 Å². The molecule has 2 rings (SSSR count). The van der Waals surface area contributed by atoms with Crippen molar-refractivity contribution in [2.24, 2.45) is 0 Å². The average Bonchev–Trinajstić information content (AvgIpc) is 2.51. The second-order valence-corrected chi connectivity index (χ2v) is 6.58. The SMILES string of the molecule is O=S(=O)(OC(c1ccccc1C(F)(F)F)C(F)(F)F)c1ccc(F)cc1. The Bertz CT molecular complexity index is 871. The van der Waals surface area contributed by atoms with Crippen molar-refractivity contribution >= 4 is 10.1 Å². The number of hydrogen-bond acceptors (Lipinski definition) is 3. The highest BCUT2D eigenvalue weighted by Gasteiger charge is 2.49. The third-order valence-electron chi connectivity index (χ3n) is 3.17. The van der Waals surface area contributed by atoms with E-state index in [1.165, 1.54) is 0 Å². The first-order valence-corrected chi connectivity index (χ1v) is 8.15. The highest BCUT2D eigenvalue weighted by atomic mass is 32.2. The zero-order valence-electron chi connectivity index (χ0n) is 12.5. The Morgan fingerprint density at radius 2 is 1.38 bits per heavy atom. The summed E-state index contributed by atoms with van der Waals surface area (Å²) in [6, 6.07) is 5.17. The van der Waals surface area contributed by atoms with Crippen molar-refractivity contribution in [3.05, 3.63) is 65.5 Å². The summed E-state index contributed by atoms with van der Waals surface area (Å²) in [6.07, 6.45) is -14.0. The number of halogens is 7. The smallest absolute Gasteiger partial charge is 0.248 e. The Balaban J connectivity index is 2.53. The van der Waals surface area contributed by atoms with E-state index in [0.717, 1.165) is 12.1 Å². The summed E-state index contributed by atoms with van der Waals surface area (Å²) in [7, 11) is -5.12. The van der Waals surface area contributed by atoms with Crippen molar-refractivity contribution in [2.45, 2.75) is 23.4 Å². The van der Waals surface area contributed by atoms with Crippen LogP contribution in [0.25, 0.3) is 0 Å². The monoisotopic (exact) mass is 402 g/mol. The van der Waals surface area contributed by atoms with Crippen LogP contribution in [-0.4, -0.2) is 14.6 Å². The zero-order valence-corrected chi connectivity index (χ0v) is 13.3. The van der Waals surface area contributed by atoms with Gasteiger partial charge < -0.3 is 0 Å². The summed E-state index contributed by atoms with van der Waals surface area (Å²) in [5.74, 6) is -0.862. The van der Waals surface area contributed by atoms with Crippen LogP contribution >= 0.6 is 0 Å². The van der Waals surface area contributed by atoms with E-state index in [4.69, 9.17) is 0 Å². The van der Waals surface area contributed by atoms with Crippen LogP contribution in [0.3, 0.4) is 0 Å². The van der Waals surface area contributed by atoms with Gasteiger partial charge in [-0.1, -0.05) is 18.2 Å². The minimum Gasteiger partial charge on any atom is -0.248 e. The topological polar surface area (TPSA) is 43.4 Å². The molecule has 0 saturated carbocycles. The quantitative estimate of drug-likeness (QED) is 0.542. The molecule has 0 bridgehead atoms. The summed E-state index contributed by atoms with van der Waals surface area (Å²) >= 11 is 0. The predicted molar refractivity (Wildman–Crippen MR) is 74.9 cm³/mol. The molecule has 0 aliphatic carbocycles. The molecule has 26 heavy (non-hydrogen) atoms. The van der Waals surface area contributed by atoms with Crippen LogP contribution in [0.15, 0.2) is 53.4 Å². The van der Waals surface area contributed by atoms with Gasteiger partial charge in [-0.05, 0) is 30.3 Å². The number of alkyl halides is 6. The maximum absolute atomic E-state index is 13.3. The van der Waals surface area contributed by atoms with Crippen LogP contribution < -0.4 is 0 Å². The molecule has 0 heterocycles. The summed E-state index contributed by atoms with van der Waals surface area (Å²) in [6.45, 7) is 0. The summed E-state index contributed by atoms with van der Waals surface area (Å²) in [5.41, 5.74) is -3.09. The zero-order chi connectivity index (χ0) is 19.8. The predicted octanol–water partition coefficient (Wildman–Crippen LogP) is 4.85. The summed E-state index contributed by atoms with van der Waals surface area (Å²) in [5, 5.41) is 0. The van der Waals surface area contributed by atoms with Gasteiger partial charge in [0.2, 0.25) is 0 Å². The molecule has 0 saturated heterocycles. The summed E-state index contributed by atoms with van der Waals surface area (Å²) in [4.78, 5) is -0.836. The molecule has 142 valence electrons. The van der Waals surface area contributed by atoms with Gasteiger partial charge >= 0.3 is 12.4 Å². The number of rotatable bonds is 4. The lowest BCUT2D eigenvalue weighted by Crippen LogP contribution is -2.28. The van der Waals surface area contributed by atoms with Gasteiger partial charge in [0.15, 0.2) is 6.10 Å². The van der Waals surface area contributed by atoms with Crippen LogP contribution in [0.5, 0.6) is 0 Å². The van der Waals surface area contributed by atoms with E-state index in [1.807, 2.05) is 0 Å². The van der Waals surface area contributed by atoms with Gasteiger partial charge in [0.1, 0.15) is 5.82 Å². The van der Waals surface area contributed by atoms with Crippen molar-refractivity contribution in [1.82, 2.24) is 0 Å². The molecule has 0 amide bonds. The molecular weight excluding hydrogens is 393 g/mol. The molecule has 0 radical (unpaired) electrons. The minimum absolute atomic E-state index is 0.377. The average molecular weight is 402 g/mol. The molecule has 1 unspecified atom stereocenters. The lowest BCUT2D eigenvalue weighted by molar-refractivity contribution is -0.199. The van der Waals surface area contributed by atoms with Crippen molar-refractivity contribution in [3.8, 4) is 0 Å². The van der Waals surface area contributed by atoms with Gasteiger partial charge in [-0.25, -0.2) is 8.57 Å². The molecule has 1 atom stereocenters. The molecule has 0 aromatic heterocycles. The van der Waals surface area contributed by atoms with Gasteiger partial charge in [-0.2, -0.15) is 34.8 Å². The van der Waals surface area contributed by atoms with E-state index in [-0.39, 0.29) is 0 Å². The number of hydrogen-bond donors (Lipinski definition) is 0. The van der Waals surface area contributed by atoms with Crippen LogP contribution in [-0.2, 0) is 20.5 Å². The van der Waals surface area contributed by atoms with Gasteiger partial charge in [-0.3, -0.25) is 0 Å². The van der Waals surface area contributed by atoms with Crippen molar-refractivity contribution in [3.63, 3.8) is 0 Å². The second-order valence-electron chi connectivity index (χ2n) is 5.01. The van der Waals surface area contributed by atoms with Crippen LogP contribution in [0.4, 0.5) is 30.7 Å². The van der Waals surface area contributed by atoms with E-state index in [2.05, 4.69) is 4.18 Å². The lowest BCUT2D eigenvalue weighted by atomic mass is 10.0. The Labute approximate surface area is 143 Å². The molecule has 0 aliphatic heterocycles. The van der Waals surface area contributed by atoms with Crippen LogP contribution in [0, 0.1) is 5.82 Å². The van der Waals surface area contributed by atoms with Gasteiger partial charge in [-0.15, -0.1) is 0 Å². The maximum atomic E-state index is 13.3. The van der Waals surface area contributed by atoms with Gasteiger partial charge in [0.25, 0.3) is 10.1 Å². The normalized spacial score (nSPS) is 14.3. The second kappa shape index (κ2) is 6.88. The van der Waals surface area contributed by atoms with Crippen molar-refractivity contribution < 1.29 is 43.3 Å². The third kappa shape index (κ3) is 4.52. The van der Waals surface area contributed by atoms with Gasteiger partial charge in [0, 0.05) is 5.56 Å². The fourth-order valence-corrected chi connectivity index (χ4v) is 3.10. The Kier molecular flexibility index (Phi) is 5.34. The Morgan fingerprint density at radius 3 is 1.88 bits per heavy atom. The highest BCUT2D eigenvalue weighted by molar-refractivity contribution is 7.86. The fraction of sp³-hybridized carbons (Fsp3) is 0.200. The molecule has 11 heteroatoms. The van der Waals surface area contributed by atoms with Crippen LogP contribution in [0.1, 0.15) is 17.2 Å². The molecule has 2 aromatic carbocycles. The standard InChI is InChI=1S/C15H9F7O3S/c16-9-5-7-10(8-6-9)26(23,24)25-13(15(20,21)22)11-3-1-2-4-12(11)14(17,18)19/h1-8,13H. The molecular formula is C15H9F7O3S. The van der Waals surface area contributed by atoms with E-state index in [9.17, 15) is 39.2 Å². The Morgan fingerprint density at radius 1 is 0.846 bits per heavy atom. The molecule has 0 N–H and O–H groups in total. The van der Waals surface area contributed by atoms with Gasteiger partial charge in [0.05, 0.1) is 10.5 Å². The summed E-state index contributed by atoms with van der Waals surface area (Å²) < 4.78 is 120. The third-order valence-corrected chi connectivity index (χ3v) is 4.47. The molecule has 3 nitrogen and oxygen atoms in total. The maximum Gasteiger partial charge on any atom is 0.420 e. The van der Waals surface area contributed by atoms with Crippen molar-refractivity contribution in [2.75, 3.05) is 0 Å². The van der Waals surface area contributed by atoms with E-state index < -0.39 is 50.4 Å². The molecule has 2 aromatic rings. The first-order valence-electron chi connectivity index (χ1n) is 6.74. The minimum atomic E-state index is -5.46. The molecule has 0 aliphatic rings. The molecule has 0 spiro atoms. The van der Waals surface area contributed by atoms with E-state index in [0.29, 0.717) is 36.4 Å². The first-order chi connectivity index (χ1) is 11.8. The first kappa shape index (κ1) is 20.2. The highest BCUT2D eigenvalue weighted by Crippen LogP contribution is 2.43. The lowest BCUT2D eigenvalue weighted by Gasteiger charge is -2.23. The fourth-order valence-electron chi connectivity index (χ4n) is 2.05. The van der Waals surface area contributed by atoms with E-state index in [1.54, 1.807) is 0 Å². The van der Waals surface area contributed by atoms with Crippen molar-refractivity contribution in [1.29, 1.82) is 0 Å². The molecule has 0 fully saturated rings. The number of benzene rings is 2.